The first kappa shape index (κ1) is 14.5. The minimum atomic E-state index is -0.262. The number of likely N-dealkylation sites (N-methyl/N-ethyl adjacent to an activating group) is 1. The van der Waals surface area contributed by atoms with Crippen LogP contribution in [0.2, 0.25) is 0 Å². The number of rotatable bonds is 5. The minimum absolute atomic E-state index is 0.0252. The average Bonchev–Trinajstić information content (AvgIpc) is 2.35. The van der Waals surface area contributed by atoms with E-state index in [1.807, 2.05) is 31.2 Å². The smallest absolute Gasteiger partial charge is 0.239 e. The van der Waals surface area contributed by atoms with E-state index in [1.165, 1.54) is 4.90 Å². The molecular weight excluding hydrogens is 252 g/mol. The Bertz CT molecular complexity index is 435. The Hall–Kier alpha value is -1.55. The number of carbonyl (C=O) groups is 2. The molecule has 0 heterocycles. The van der Waals surface area contributed by atoms with Gasteiger partial charge in [-0.3, -0.25) is 9.59 Å². The van der Waals surface area contributed by atoms with Crippen molar-refractivity contribution in [2.24, 2.45) is 0 Å². The third-order valence-electron chi connectivity index (χ3n) is 2.49. The standard InChI is InChI=1S/C13H17ClN2O2/c1-10-4-3-5-11(6-10)8-15-12(17)9-16(2)13(18)7-14/h3-6H,7-9H2,1-2H3,(H,15,17). The fourth-order valence-corrected chi connectivity index (χ4v) is 1.69. The molecule has 98 valence electrons. The van der Waals surface area contributed by atoms with E-state index in [9.17, 15) is 9.59 Å². The zero-order valence-electron chi connectivity index (χ0n) is 10.6. The molecule has 0 atom stereocenters. The van der Waals surface area contributed by atoms with E-state index in [4.69, 9.17) is 11.6 Å². The normalized spacial score (nSPS) is 9.94. The molecule has 0 spiro atoms. The van der Waals surface area contributed by atoms with Crippen LogP contribution in [-0.4, -0.2) is 36.2 Å². The molecule has 0 aliphatic rings. The molecule has 1 aromatic rings. The number of halogens is 1. The van der Waals surface area contributed by atoms with E-state index in [0.29, 0.717) is 6.54 Å². The maximum Gasteiger partial charge on any atom is 0.239 e. The quantitative estimate of drug-likeness (QED) is 0.819. The lowest BCUT2D eigenvalue weighted by atomic mass is 10.1. The van der Waals surface area contributed by atoms with Crippen molar-refractivity contribution >= 4 is 23.4 Å². The molecule has 4 nitrogen and oxygen atoms in total. The number of hydrogen-bond donors (Lipinski definition) is 1. The number of aryl methyl sites for hydroxylation is 1. The highest BCUT2D eigenvalue weighted by molar-refractivity contribution is 6.27. The number of nitrogens with one attached hydrogen (secondary N) is 1. The molecule has 0 unspecified atom stereocenters. The SMILES string of the molecule is Cc1cccc(CNC(=O)CN(C)C(=O)CCl)c1. The summed E-state index contributed by atoms with van der Waals surface area (Å²) in [4.78, 5) is 24.1. The number of alkyl halides is 1. The highest BCUT2D eigenvalue weighted by atomic mass is 35.5. The van der Waals surface area contributed by atoms with Crippen LogP contribution in [0.4, 0.5) is 0 Å². The van der Waals surface area contributed by atoms with Gasteiger partial charge in [-0.2, -0.15) is 0 Å². The highest BCUT2D eigenvalue weighted by Gasteiger charge is 2.11. The van der Waals surface area contributed by atoms with Gasteiger partial charge in [0, 0.05) is 13.6 Å². The monoisotopic (exact) mass is 268 g/mol. The average molecular weight is 269 g/mol. The molecule has 0 fully saturated rings. The van der Waals surface area contributed by atoms with Gasteiger partial charge in [-0.25, -0.2) is 0 Å². The third kappa shape index (κ3) is 4.75. The van der Waals surface area contributed by atoms with Crippen LogP contribution >= 0.6 is 11.6 Å². The van der Waals surface area contributed by atoms with Crippen LogP contribution in [0.1, 0.15) is 11.1 Å². The molecular formula is C13H17ClN2O2. The minimum Gasteiger partial charge on any atom is -0.350 e. The van der Waals surface area contributed by atoms with Gasteiger partial charge in [0.25, 0.3) is 0 Å². The molecule has 0 aliphatic carbocycles. The van der Waals surface area contributed by atoms with Gasteiger partial charge in [-0.1, -0.05) is 29.8 Å². The van der Waals surface area contributed by atoms with Crippen LogP contribution in [0, 0.1) is 6.92 Å². The van der Waals surface area contributed by atoms with Gasteiger partial charge in [0.2, 0.25) is 11.8 Å². The van der Waals surface area contributed by atoms with Gasteiger partial charge in [0.15, 0.2) is 0 Å². The molecule has 1 aromatic carbocycles. The zero-order valence-corrected chi connectivity index (χ0v) is 11.3. The first-order valence-corrected chi connectivity index (χ1v) is 6.18. The Morgan fingerprint density at radius 3 is 2.72 bits per heavy atom. The number of hydrogen-bond acceptors (Lipinski definition) is 2. The lowest BCUT2D eigenvalue weighted by molar-refractivity contribution is -0.132. The van der Waals surface area contributed by atoms with Crippen LogP contribution in [0.3, 0.4) is 0 Å². The summed E-state index contributed by atoms with van der Waals surface area (Å²) in [5.41, 5.74) is 2.19. The third-order valence-corrected chi connectivity index (χ3v) is 2.72. The van der Waals surface area contributed by atoms with Crippen molar-refractivity contribution in [3.8, 4) is 0 Å². The molecule has 2 amide bonds. The van der Waals surface area contributed by atoms with E-state index < -0.39 is 0 Å². The van der Waals surface area contributed by atoms with E-state index in [0.717, 1.165) is 11.1 Å². The lowest BCUT2D eigenvalue weighted by Gasteiger charge is -2.15. The van der Waals surface area contributed by atoms with Crippen molar-refractivity contribution < 1.29 is 9.59 Å². The summed E-state index contributed by atoms with van der Waals surface area (Å²) >= 11 is 5.40. The predicted octanol–water partition coefficient (Wildman–Crippen LogP) is 1.31. The summed E-state index contributed by atoms with van der Waals surface area (Å²) in [6.45, 7) is 2.49. The second-order valence-electron chi connectivity index (χ2n) is 4.15. The Kier molecular flexibility index (Phi) is 5.65. The number of amides is 2. The molecule has 0 saturated heterocycles. The molecule has 0 aromatic heterocycles. The maximum absolute atomic E-state index is 11.6. The summed E-state index contributed by atoms with van der Waals surface area (Å²) in [6.07, 6.45) is 0. The van der Waals surface area contributed by atoms with E-state index in [2.05, 4.69) is 5.32 Å². The maximum atomic E-state index is 11.6. The summed E-state index contributed by atoms with van der Waals surface area (Å²) < 4.78 is 0. The fourth-order valence-electron chi connectivity index (χ4n) is 1.48. The summed E-state index contributed by atoms with van der Waals surface area (Å²) in [7, 11) is 1.55. The van der Waals surface area contributed by atoms with Crippen molar-refractivity contribution in [1.82, 2.24) is 10.2 Å². The molecule has 5 heteroatoms. The van der Waals surface area contributed by atoms with Crippen LogP contribution in [0.15, 0.2) is 24.3 Å². The van der Waals surface area contributed by atoms with Crippen molar-refractivity contribution in [2.75, 3.05) is 19.5 Å². The van der Waals surface area contributed by atoms with Crippen LogP contribution < -0.4 is 5.32 Å². The van der Waals surface area contributed by atoms with E-state index in [-0.39, 0.29) is 24.2 Å². The van der Waals surface area contributed by atoms with Crippen molar-refractivity contribution in [3.63, 3.8) is 0 Å². The second-order valence-corrected chi connectivity index (χ2v) is 4.42. The number of benzene rings is 1. The molecule has 0 radical (unpaired) electrons. The fraction of sp³-hybridized carbons (Fsp3) is 0.385. The Morgan fingerprint density at radius 1 is 1.39 bits per heavy atom. The van der Waals surface area contributed by atoms with Crippen LogP contribution in [0.5, 0.6) is 0 Å². The van der Waals surface area contributed by atoms with Crippen molar-refractivity contribution in [3.05, 3.63) is 35.4 Å². The Morgan fingerprint density at radius 2 is 2.11 bits per heavy atom. The highest BCUT2D eigenvalue weighted by Crippen LogP contribution is 2.03. The topological polar surface area (TPSA) is 49.4 Å². The van der Waals surface area contributed by atoms with Crippen molar-refractivity contribution in [2.45, 2.75) is 13.5 Å². The van der Waals surface area contributed by atoms with Gasteiger partial charge < -0.3 is 10.2 Å². The molecule has 0 saturated carbocycles. The number of carbonyl (C=O) groups excluding carboxylic acids is 2. The summed E-state index contributed by atoms with van der Waals surface area (Å²) in [6, 6.07) is 7.90. The Balaban J connectivity index is 2.40. The van der Waals surface area contributed by atoms with E-state index in [1.54, 1.807) is 7.05 Å². The first-order chi connectivity index (χ1) is 8.52. The molecule has 18 heavy (non-hydrogen) atoms. The molecule has 0 aliphatic heterocycles. The van der Waals surface area contributed by atoms with Crippen LogP contribution in [-0.2, 0) is 16.1 Å². The van der Waals surface area contributed by atoms with Gasteiger partial charge in [-0.05, 0) is 12.5 Å². The molecule has 1 rings (SSSR count). The molecule has 1 N–H and O–H groups in total. The largest absolute Gasteiger partial charge is 0.350 e. The van der Waals surface area contributed by atoms with Crippen LogP contribution in [0.25, 0.3) is 0 Å². The zero-order chi connectivity index (χ0) is 13.5. The second kappa shape index (κ2) is 7.01. The Labute approximate surface area is 112 Å². The van der Waals surface area contributed by atoms with Gasteiger partial charge >= 0.3 is 0 Å². The summed E-state index contributed by atoms with van der Waals surface area (Å²) in [5, 5.41) is 2.76. The van der Waals surface area contributed by atoms with Gasteiger partial charge in [0.05, 0.1) is 6.54 Å². The lowest BCUT2D eigenvalue weighted by Crippen LogP contribution is -2.38. The van der Waals surface area contributed by atoms with Gasteiger partial charge in [0.1, 0.15) is 5.88 Å². The summed E-state index contributed by atoms with van der Waals surface area (Å²) in [5.74, 6) is -0.568. The van der Waals surface area contributed by atoms with Gasteiger partial charge in [-0.15, -0.1) is 11.6 Å². The van der Waals surface area contributed by atoms with E-state index >= 15 is 0 Å². The predicted molar refractivity (Wildman–Crippen MR) is 71.4 cm³/mol. The first-order valence-electron chi connectivity index (χ1n) is 5.65. The van der Waals surface area contributed by atoms with Crippen molar-refractivity contribution in [1.29, 1.82) is 0 Å². The molecule has 0 bridgehead atoms. The number of nitrogens with zero attached hydrogens (tertiary/aromatic N) is 1.